The Hall–Kier alpha value is -1.70. The maximum Gasteiger partial charge on any atom is 0.140 e. The molecule has 90 valence electrons. The molecule has 0 radical (unpaired) electrons. The Morgan fingerprint density at radius 3 is 3.06 bits per heavy atom. The number of alkyl halides is 1. The zero-order valence-corrected chi connectivity index (χ0v) is 11.5. The molecule has 0 atom stereocenters. The lowest BCUT2D eigenvalue weighted by atomic mass is 10.3. The summed E-state index contributed by atoms with van der Waals surface area (Å²) < 4.78 is 0.798. The van der Waals surface area contributed by atoms with E-state index in [0.29, 0.717) is 0 Å². The highest BCUT2D eigenvalue weighted by Crippen LogP contribution is 2.19. The molecule has 3 aromatic rings. The third-order valence-electron chi connectivity index (χ3n) is 2.52. The van der Waals surface area contributed by atoms with Crippen LogP contribution in [0, 0.1) is 0 Å². The Morgan fingerprint density at radius 1 is 1.22 bits per heavy atom. The van der Waals surface area contributed by atoms with E-state index in [4.69, 9.17) is 0 Å². The van der Waals surface area contributed by atoms with Crippen molar-refractivity contribution in [2.75, 3.05) is 5.32 Å². The second-order valence-electron chi connectivity index (χ2n) is 3.75. The van der Waals surface area contributed by atoms with Crippen molar-refractivity contribution in [3.05, 3.63) is 42.6 Å². The molecule has 0 amide bonds. The van der Waals surface area contributed by atoms with Gasteiger partial charge in [-0.25, -0.2) is 15.0 Å². The van der Waals surface area contributed by atoms with Crippen molar-refractivity contribution in [3.63, 3.8) is 0 Å². The number of benzene rings is 1. The molecule has 18 heavy (non-hydrogen) atoms. The number of halogens is 1. The molecule has 0 bridgehead atoms. The topological polar surface area (TPSA) is 66.5 Å². The molecule has 6 heteroatoms. The summed E-state index contributed by atoms with van der Waals surface area (Å²) in [6.07, 6.45) is 3.45. The molecule has 5 nitrogen and oxygen atoms in total. The van der Waals surface area contributed by atoms with Crippen molar-refractivity contribution in [2.24, 2.45) is 0 Å². The van der Waals surface area contributed by atoms with Crippen molar-refractivity contribution in [2.45, 2.75) is 4.43 Å². The Bertz CT molecular complexity index is 679. The van der Waals surface area contributed by atoms with Crippen molar-refractivity contribution in [3.8, 4) is 0 Å². The van der Waals surface area contributed by atoms with Crippen LogP contribution in [0.15, 0.2) is 36.8 Å². The van der Waals surface area contributed by atoms with Gasteiger partial charge in [-0.3, -0.25) is 0 Å². The van der Waals surface area contributed by atoms with Crippen LogP contribution in [-0.2, 0) is 4.43 Å². The van der Waals surface area contributed by atoms with E-state index in [0.717, 1.165) is 32.8 Å². The molecular weight excluding hydrogens is 341 g/mol. The van der Waals surface area contributed by atoms with Crippen LogP contribution in [0.3, 0.4) is 0 Å². The SMILES string of the molecule is ICc1nccc(Nc2ccc3nc[nH]c3c2)n1. The predicted octanol–water partition coefficient (Wildman–Crippen LogP) is 3.03. The number of hydrogen-bond acceptors (Lipinski definition) is 4. The molecule has 0 unspecified atom stereocenters. The molecule has 0 saturated carbocycles. The first-order chi connectivity index (χ1) is 8.85. The van der Waals surface area contributed by atoms with Crippen LogP contribution in [0.4, 0.5) is 11.5 Å². The first-order valence-electron chi connectivity index (χ1n) is 5.43. The van der Waals surface area contributed by atoms with Gasteiger partial charge < -0.3 is 10.3 Å². The summed E-state index contributed by atoms with van der Waals surface area (Å²) in [7, 11) is 0. The zero-order valence-electron chi connectivity index (χ0n) is 9.39. The monoisotopic (exact) mass is 351 g/mol. The molecule has 0 aliphatic heterocycles. The van der Waals surface area contributed by atoms with Gasteiger partial charge in [0.25, 0.3) is 0 Å². The quantitative estimate of drug-likeness (QED) is 0.562. The van der Waals surface area contributed by atoms with Gasteiger partial charge in [-0.05, 0) is 24.3 Å². The Kier molecular flexibility index (Phi) is 3.09. The average Bonchev–Trinajstić information content (AvgIpc) is 2.86. The summed E-state index contributed by atoms with van der Waals surface area (Å²) in [6.45, 7) is 0. The van der Waals surface area contributed by atoms with Crippen molar-refractivity contribution in [1.29, 1.82) is 0 Å². The average molecular weight is 351 g/mol. The molecule has 2 aromatic heterocycles. The van der Waals surface area contributed by atoms with Gasteiger partial charge in [-0.1, -0.05) is 22.6 Å². The van der Waals surface area contributed by atoms with Gasteiger partial charge in [-0.2, -0.15) is 0 Å². The van der Waals surface area contributed by atoms with Crippen molar-refractivity contribution < 1.29 is 0 Å². The number of nitrogens with one attached hydrogen (secondary N) is 2. The van der Waals surface area contributed by atoms with Gasteiger partial charge in [0, 0.05) is 11.9 Å². The Labute approximate surface area is 117 Å². The molecule has 0 aliphatic rings. The maximum atomic E-state index is 4.40. The van der Waals surface area contributed by atoms with Crippen molar-refractivity contribution >= 4 is 45.1 Å². The lowest BCUT2D eigenvalue weighted by molar-refractivity contribution is 1.05. The van der Waals surface area contributed by atoms with Crippen LogP contribution in [0.5, 0.6) is 0 Å². The van der Waals surface area contributed by atoms with Crippen LogP contribution in [-0.4, -0.2) is 19.9 Å². The highest BCUT2D eigenvalue weighted by Gasteiger charge is 2.01. The second kappa shape index (κ2) is 4.89. The fourth-order valence-corrected chi connectivity index (χ4v) is 2.06. The molecule has 0 aliphatic carbocycles. The third-order valence-corrected chi connectivity index (χ3v) is 3.20. The normalized spacial score (nSPS) is 10.7. The van der Waals surface area contributed by atoms with Crippen molar-refractivity contribution in [1.82, 2.24) is 19.9 Å². The number of rotatable bonds is 3. The smallest absolute Gasteiger partial charge is 0.140 e. The highest BCUT2D eigenvalue weighted by atomic mass is 127. The number of H-pyrrole nitrogens is 1. The van der Waals surface area contributed by atoms with Crippen LogP contribution in [0.1, 0.15) is 5.82 Å². The largest absolute Gasteiger partial charge is 0.345 e. The minimum atomic E-state index is 0.798. The van der Waals surface area contributed by atoms with E-state index in [-0.39, 0.29) is 0 Å². The Morgan fingerprint density at radius 2 is 2.17 bits per heavy atom. The van der Waals surface area contributed by atoms with E-state index in [2.05, 4.69) is 47.8 Å². The van der Waals surface area contributed by atoms with Crippen LogP contribution >= 0.6 is 22.6 Å². The lowest BCUT2D eigenvalue weighted by Crippen LogP contribution is -1.97. The number of anilines is 2. The summed E-state index contributed by atoms with van der Waals surface area (Å²) in [6, 6.07) is 7.81. The highest BCUT2D eigenvalue weighted by molar-refractivity contribution is 14.1. The first-order valence-corrected chi connectivity index (χ1v) is 6.96. The van der Waals surface area contributed by atoms with Gasteiger partial charge >= 0.3 is 0 Å². The fraction of sp³-hybridized carbons (Fsp3) is 0.0833. The van der Waals surface area contributed by atoms with E-state index in [1.54, 1.807) is 12.5 Å². The molecule has 2 heterocycles. The molecule has 2 N–H and O–H groups in total. The molecular formula is C12H10IN5. The summed E-state index contributed by atoms with van der Waals surface area (Å²) in [5.74, 6) is 1.62. The Balaban J connectivity index is 1.90. The van der Waals surface area contributed by atoms with Gasteiger partial charge in [0.05, 0.1) is 21.8 Å². The summed E-state index contributed by atoms with van der Waals surface area (Å²) >= 11 is 2.25. The summed E-state index contributed by atoms with van der Waals surface area (Å²) in [5.41, 5.74) is 2.93. The molecule has 1 aromatic carbocycles. The molecule has 0 spiro atoms. The first kappa shape index (κ1) is 11.4. The summed E-state index contributed by atoms with van der Waals surface area (Å²) in [4.78, 5) is 15.8. The predicted molar refractivity (Wildman–Crippen MR) is 79.1 cm³/mol. The minimum Gasteiger partial charge on any atom is -0.345 e. The minimum absolute atomic E-state index is 0.798. The molecule has 3 rings (SSSR count). The van der Waals surface area contributed by atoms with E-state index in [1.807, 2.05) is 24.3 Å². The van der Waals surface area contributed by atoms with Gasteiger partial charge in [0.15, 0.2) is 0 Å². The van der Waals surface area contributed by atoms with Gasteiger partial charge in [0.2, 0.25) is 0 Å². The number of imidazole rings is 1. The van der Waals surface area contributed by atoms with Crippen LogP contribution in [0.25, 0.3) is 11.0 Å². The standard InChI is InChI=1S/C12H10IN5/c13-6-12-14-4-3-11(18-12)17-8-1-2-9-10(5-8)16-7-15-9/h1-5,7H,6H2,(H,15,16)(H,14,17,18). The molecule has 0 saturated heterocycles. The fourth-order valence-electron chi connectivity index (χ4n) is 1.69. The van der Waals surface area contributed by atoms with E-state index in [9.17, 15) is 0 Å². The van der Waals surface area contributed by atoms with E-state index >= 15 is 0 Å². The van der Waals surface area contributed by atoms with E-state index < -0.39 is 0 Å². The van der Waals surface area contributed by atoms with Gasteiger partial charge in [0.1, 0.15) is 11.6 Å². The number of hydrogen-bond donors (Lipinski definition) is 2. The lowest BCUT2D eigenvalue weighted by Gasteiger charge is -2.06. The number of aromatic nitrogens is 4. The zero-order chi connectivity index (χ0) is 12.4. The summed E-state index contributed by atoms with van der Waals surface area (Å²) in [5, 5.41) is 3.26. The molecule has 0 fully saturated rings. The van der Waals surface area contributed by atoms with Gasteiger partial charge in [-0.15, -0.1) is 0 Å². The second-order valence-corrected chi connectivity index (χ2v) is 4.51. The number of nitrogens with zero attached hydrogens (tertiary/aromatic N) is 3. The third kappa shape index (κ3) is 2.28. The van der Waals surface area contributed by atoms with Crippen LogP contribution in [0.2, 0.25) is 0 Å². The number of aromatic amines is 1. The maximum absolute atomic E-state index is 4.40. The van der Waals surface area contributed by atoms with Crippen LogP contribution < -0.4 is 5.32 Å². The number of fused-ring (bicyclic) bond motifs is 1. The van der Waals surface area contributed by atoms with E-state index in [1.165, 1.54) is 0 Å².